The van der Waals surface area contributed by atoms with Crippen molar-refractivity contribution in [3.05, 3.63) is 69.5 Å². The van der Waals surface area contributed by atoms with Crippen molar-refractivity contribution in [2.75, 3.05) is 26.2 Å². The summed E-state index contributed by atoms with van der Waals surface area (Å²) in [5.74, 6) is -0.686. The molecule has 4 nitrogen and oxygen atoms in total. The average Bonchev–Trinajstić information content (AvgIpc) is 2.64. The summed E-state index contributed by atoms with van der Waals surface area (Å²) in [7, 11) is 0. The van der Waals surface area contributed by atoms with E-state index in [0.29, 0.717) is 41.8 Å². The fourth-order valence-electron chi connectivity index (χ4n) is 2.90. The Balaban J connectivity index is 1.56. The minimum Gasteiger partial charge on any atom is -0.339 e. The van der Waals surface area contributed by atoms with Crippen molar-refractivity contribution < 1.29 is 14.0 Å². The van der Waals surface area contributed by atoms with E-state index in [1.807, 2.05) is 0 Å². The Morgan fingerprint density at radius 3 is 2.27 bits per heavy atom. The Morgan fingerprint density at radius 1 is 0.923 bits per heavy atom. The molecule has 3 rings (SSSR count). The summed E-state index contributed by atoms with van der Waals surface area (Å²) in [5.41, 5.74) is 1.11. The molecule has 0 atom stereocenters. The normalized spacial score (nSPS) is 14.4. The number of hydrogen-bond acceptors (Lipinski definition) is 2. The van der Waals surface area contributed by atoms with Gasteiger partial charge in [-0.15, -0.1) is 0 Å². The number of rotatable bonds is 3. The van der Waals surface area contributed by atoms with Crippen LogP contribution in [0.5, 0.6) is 0 Å². The Labute approximate surface area is 161 Å². The van der Waals surface area contributed by atoms with Crippen LogP contribution in [-0.4, -0.2) is 47.8 Å². The molecule has 7 heteroatoms. The van der Waals surface area contributed by atoms with Crippen LogP contribution >= 0.6 is 23.2 Å². The molecule has 0 spiro atoms. The molecule has 0 N–H and O–H groups in total. The van der Waals surface area contributed by atoms with Crippen LogP contribution in [0.2, 0.25) is 10.0 Å². The van der Waals surface area contributed by atoms with E-state index >= 15 is 0 Å². The minimum absolute atomic E-state index is 0.0266. The molecule has 0 unspecified atom stereocenters. The van der Waals surface area contributed by atoms with Gasteiger partial charge >= 0.3 is 0 Å². The van der Waals surface area contributed by atoms with E-state index in [1.165, 1.54) is 18.2 Å². The van der Waals surface area contributed by atoms with Crippen LogP contribution in [0.1, 0.15) is 15.9 Å². The third-order valence-corrected chi connectivity index (χ3v) is 5.07. The smallest absolute Gasteiger partial charge is 0.254 e. The largest absolute Gasteiger partial charge is 0.339 e. The fraction of sp³-hybridized carbons (Fsp3) is 0.263. The Morgan fingerprint density at radius 2 is 1.62 bits per heavy atom. The van der Waals surface area contributed by atoms with Crippen LogP contribution in [0.15, 0.2) is 42.5 Å². The lowest BCUT2D eigenvalue weighted by atomic mass is 10.1. The molecule has 1 aliphatic rings. The van der Waals surface area contributed by atoms with Crippen LogP contribution in [0, 0.1) is 5.82 Å². The molecule has 0 aromatic heterocycles. The maximum absolute atomic E-state index is 13.3. The zero-order chi connectivity index (χ0) is 18.7. The maximum Gasteiger partial charge on any atom is 0.254 e. The van der Waals surface area contributed by atoms with E-state index in [-0.39, 0.29) is 18.2 Å². The summed E-state index contributed by atoms with van der Waals surface area (Å²) in [6.07, 6.45) is 0.231. The summed E-state index contributed by atoms with van der Waals surface area (Å²) in [5, 5.41) is 0.870. The number of hydrogen-bond donors (Lipinski definition) is 0. The fourth-order valence-corrected chi connectivity index (χ4v) is 3.22. The van der Waals surface area contributed by atoms with Crippen molar-refractivity contribution in [3.63, 3.8) is 0 Å². The van der Waals surface area contributed by atoms with Gasteiger partial charge in [0.25, 0.3) is 5.91 Å². The second kappa shape index (κ2) is 8.06. The van der Waals surface area contributed by atoms with Crippen LogP contribution < -0.4 is 0 Å². The lowest BCUT2D eigenvalue weighted by Crippen LogP contribution is -2.51. The highest BCUT2D eigenvalue weighted by Crippen LogP contribution is 2.23. The molecule has 0 radical (unpaired) electrons. The molecule has 1 fully saturated rings. The lowest BCUT2D eigenvalue weighted by molar-refractivity contribution is -0.131. The van der Waals surface area contributed by atoms with Gasteiger partial charge in [0, 0.05) is 31.7 Å². The van der Waals surface area contributed by atoms with Crippen LogP contribution in [-0.2, 0) is 11.2 Å². The molecule has 2 aromatic rings. The molecule has 2 aromatic carbocycles. The van der Waals surface area contributed by atoms with Gasteiger partial charge in [-0.2, -0.15) is 0 Å². The first kappa shape index (κ1) is 18.7. The number of halogens is 3. The number of nitrogens with zero attached hydrogens (tertiary/aromatic N) is 2. The zero-order valence-corrected chi connectivity index (χ0v) is 15.4. The van der Waals surface area contributed by atoms with Crippen LogP contribution in [0.4, 0.5) is 4.39 Å². The summed E-state index contributed by atoms with van der Waals surface area (Å²) in [6.45, 7) is 1.73. The van der Waals surface area contributed by atoms with Gasteiger partial charge in [-0.3, -0.25) is 9.59 Å². The lowest BCUT2D eigenvalue weighted by Gasteiger charge is -2.35. The average molecular weight is 395 g/mol. The Hall–Kier alpha value is -2.11. The number of amides is 2. The topological polar surface area (TPSA) is 40.6 Å². The molecule has 0 bridgehead atoms. The molecule has 2 amide bonds. The van der Waals surface area contributed by atoms with Gasteiger partial charge in [-0.25, -0.2) is 4.39 Å². The van der Waals surface area contributed by atoms with E-state index in [4.69, 9.17) is 23.2 Å². The first-order valence-corrected chi connectivity index (χ1v) is 8.96. The third kappa shape index (κ3) is 4.34. The monoisotopic (exact) mass is 394 g/mol. The van der Waals surface area contributed by atoms with Crippen molar-refractivity contribution in [2.45, 2.75) is 6.42 Å². The van der Waals surface area contributed by atoms with E-state index in [2.05, 4.69) is 0 Å². The molecule has 1 aliphatic heterocycles. The predicted molar refractivity (Wildman–Crippen MR) is 99.0 cm³/mol. The highest BCUT2D eigenvalue weighted by Gasteiger charge is 2.25. The highest BCUT2D eigenvalue weighted by molar-refractivity contribution is 6.42. The number of carbonyl (C=O) groups is 2. The number of piperazine rings is 1. The van der Waals surface area contributed by atoms with Gasteiger partial charge in [-0.1, -0.05) is 35.3 Å². The van der Waals surface area contributed by atoms with Crippen molar-refractivity contribution >= 4 is 35.0 Å². The molecule has 136 valence electrons. The van der Waals surface area contributed by atoms with E-state index in [1.54, 1.807) is 34.1 Å². The number of benzene rings is 2. The summed E-state index contributed by atoms with van der Waals surface area (Å²) >= 11 is 11.9. The SMILES string of the molecule is O=C(Cc1ccc(Cl)c(Cl)c1)N1CCN(C(=O)c2cccc(F)c2)CC1. The molecule has 0 saturated carbocycles. The van der Waals surface area contributed by atoms with Gasteiger partial charge < -0.3 is 9.80 Å². The van der Waals surface area contributed by atoms with E-state index < -0.39 is 5.82 Å². The molecular formula is C19H17Cl2FN2O2. The van der Waals surface area contributed by atoms with E-state index in [0.717, 1.165) is 5.56 Å². The van der Waals surface area contributed by atoms with Crippen molar-refractivity contribution in [1.29, 1.82) is 0 Å². The van der Waals surface area contributed by atoms with Crippen molar-refractivity contribution in [3.8, 4) is 0 Å². The second-order valence-corrected chi connectivity index (χ2v) is 6.92. The van der Waals surface area contributed by atoms with Crippen LogP contribution in [0.3, 0.4) is 0 Å². The Bertz CT molecular complexity index is 836. The summed E-state index contributed by atoms with van der Waals surface area (Å²) in [6, 6.07) is 10.8. The van der Waals surface area contributed by atoms with Gasteiger partial charge in [0.1, 0.15) is 5.82 Å². The quantitative estimate of drug-likeness (QED) is 0.796. The van der Waals surface area contributed by atoms with Crippen LogP contribution in [0.25, 0.3) is 0 Å². The van der Waals surface area contributed by atoms with Crippen molar-refractivity contribution in [2.24, 2.45) is 0 Å². The predicted octanol–water partition coefficient (Wildman–Crippen LogP) is 3.66. The van der Waals surface area contributed by atoms with Gasteiger partial charge in [0.2, 0.25) is 5.91 Å². The van der Waals surface area contributed by atoms with Crippen molar-refractivity contribution in [1.82, 2.24) is 9.80 Å². The van der Waals surface area contributed by atoms with Gasteiger partial charge in [0.05, 0.1) is 16.5 Å². The van der Waals surface area contributed by atoms with Gasteiger partial charge in [-0.05, 0) is 35.9 Å². The zero-order valence-electron chi connectivity index (χ0n) is 13.9. The Kier molecular flexibility index (Phi) is 5.79. The molecule has 1 saturated heterocycles. The maximum atomic E-state index is 13.3. The highest BCUT2D eigenvalue weighted by atomic mass is 35.5. The molecule has 0 aliphatic carbocycles. The summed E-state index contributed by atoms with van der Waals surface area (Å²) < 4.78 is 13.3. The standard InChI is InChI=1S/C19H17Cl2FN2O2/c20-16-5-4-13(10-17(16)21)11-18(25)23-6-8-24(9-7-23)19(26)14-2-1-3-15(22)12-14/h1-5,10,12H,6-9,11H2. The minimum atomic E-state index is -0.439. The number of carbonyl (C=O) groups excluding carboxylic acids is 2. The van der Waals surface area contributed by atoms with Gasteiger partial charge in [0.15, 0.2) is 0 Å². The van der Waals surface area contributed by atoms with E-state index in [9.17, 15) is 14.0 Å². The molecular weight excluding hydrogens is 378 g/mol. The second-order valence-electron chi connectivity index (χ2n) is 6.11. The molecule has 1 heterocycles. The third-order valence-electron chi connectivity index (χ3n) is 4.33. The first-order chi connectivity index (χ1) is 12.4. The molecule has 26 heavy (non-hydrogen) atoms. The summed E-state index contributed by atoms with van der Waals surface area (Å²) in [4.78, 5) is 28.2. The first-order valence-electron chi connectivity index (χ1n) is 8.20.